The van der Waals surface area contributed by atoms with Gasteiger partial charge in [-0.1, -0.05) is 72.8 Å². The largest absolute Gasteiger partial charge is 0.497 e. The zero-order chi connectivity index (χ0) is 47.1. The Labute approximate surface area is 387 Å². The molecule has 0 radical (unpaired) electrons. The second kappa shape index (κ2) is 24.0. The monoisotopic (exact) mass is 916 g/mol. The van der Waals surface area contributed by atoms with E-state index in [1.807, 2.05) is 78.9 Å². The first kappa shape index (κ1) is 49.4. The molecule has 1 N–H and O–H groups in total. The minimum absolute atomic E-state index is 0.0101. The molecule has 66 heavy (non-hydrogen) atoms. The van der Waals surface area contributed by atoms with E-state index in [1.165, 1.54) is 4.57 Å². The molecule has 6 rings (SSSR count). The normalized spacial score (nSPS) is 16.5. The van der Waals surface area contributed by atoms with Crippen molar-refractivity contribution in [2.24, 2.45) is 0 Å². The fraction of sp³-hybridized carbons (Fsp3) is 0.380. The van der Waals surface area contributed by atoms with Crippen LogP contribution in [0.2, 0.25) is 0 Å². The van der Waals surface area contributed by atoms with Crippen molar-refractivity contribution >= 4 is 20.3 Å². The van der Waals surface area contributed by atoms with Crippen molar-refractivity contribution in [3.63, 3.8) is 0 Å². The maximum atomic E-state index is 14.1. The molecule has 15 nitrogen and oxygen atoms in total. The molecule has 2 heterocycles. The smallest absolute Gasteiger partial charge is 0.351 e. The van der Waals surface area contributed by atoms with Crippen molar-refractivity contribution in [1.82, 2.24) is 14.2 Å². The second-order valence-corrected chi connectivity index (χ2v) is 17.4. The summed E-state index contributed by atoms with van der Waals surface area (Å²) in [5.41, 5.74) is 1.36. The van der Waals surface area contributed by atoms with Gasteiger partial charge >= 0.3 is 5.69 Å². The van der Waals surface area contributed by atoms with Crippen molar-refractivity contribution in [2.75, 3.05) is 39.4 Å². The molecular weight excluding hydrogens is 860 g/mol. The van der Waals surface area contributed by atoms with Crippen LogP contribution < -0.4 is 20.5 Å². The molecule has 0 bridgehead atoms. The maximum absolute atomic E-state index is 14.1. The number of rotatable bonds is 23. The number of aromatic nitrogens is 2. The number of carbonyl (C=O) groups is 1. The highest BCUT2D eigenvalue weighted by Gasteiger charge is 2.45. The van der Waals surface area contributed by atoms with Gasteiger partial charge < -0.3 is 38.0 Å². The van der Waals surface area contributed by atoms with Gasteiger partial charge in [0.2, 0.25) is 0 Å². The summed E-state index contributed by atoms with van der Waals surface area (Å²) < 4.78 is 48.0. The number of nitrogens with zero attached hydrogens (tertiary/aromatic N) is 5. The topological polar surface area (TPSA) is 179 Å². The third-order valence-corrected chi connectivity index (χ3v) is 13.1. The maximum Gasteiger partial charge on any atom is 0.351 e. The fourth-order valence-electron chi connectivity index (χ4n) is 7.82. The third-order valence-electron chi connectivity index (χ3n) is 10.9. The minimum atomic E-state index is -1.76. The summed E-state index contributed by atoms with van der Waals surface area (Å²) in [5.74, 6) is 0.921. The van der Waals surface area contributed by atoms with Gasteiger partial charge in [0.25, 0.3) is 14.4 Å². The zero-order valence-corrected chi connectivity index (χ0v) is 39.1. The van der Waals surface area contributed by atoms with Gasteiger partial charge in [-0.2, -0.15) is 15.5 Å². The van der Waals surface area contributed by atoms with Crippen molar-refractivity contribution in [1.29, 1.82) is 10.5 Å². The van der Waals surface area contributed by atoms with Crippen molar-refractivity contribution in [3.05, 3.63) is 154 Å². The van der Waals surface area contributed by atoms with Crippen LogP contribution in [0.1, 0.15) is 85.8 Å². The van der Waals surface area contributed by atoms with Crippen LogP contribution in [0.3, 0.4) is 0 Å². The van der Waals surface area contributed by atoms with Crippen LogP contribution >= 0.6 is 8.53 Å². The van der Waals surface area contributed by atoms with Gasteiger partial charge in [-0.3, -0.25) is 9.36 Å². The number of carbonyl (C=O) groups excluding carboxylic acids is 1. The van der Waals surface area contributed by atoms with E-state index in [0.717, 1.165) is 16.7 Å². The minimum Gasteiger partial charge on any atom is -0.497 e. The van der Waals surface area contributed by atoms with E-state index in [0.29, 0.717) is 22.6 Å². The van der Waals surface area contributed by atoms with E-state index in [9.17, 15) is 14.9 Å². The Morgan fingerprint density at radius 2 is 1.41 bits per heavy atom. The predicted octanol–water partition coefficient (Wildman–Crippen LogP) is 8.90. The van der Waals surface area contributed by atoms with Crippen LogP contribution in [0.4, 0.5) is 5.82 Å². The van der Waals surface area contributed by atoms with Crippen LogP contribution in [0.25, 0.3) is 0 Å². The highest BCUT2D eigenvalue weighted by atomic mass is 31.2. The van der Waals surface area contributed by atoms with Gasteiger partial charge in [-0.25, -0.2) is 9.46 Å². The third kappa shape index (κ3) is 12.1. The van der Waals surface area contributed by atoms with Crippen molar-refractivity contribution in [3.8, 4) is 23.6 Å². The van der Waals surface area contributed by atoms with Gasteiger partial charge in [0.05, 0.1) is 71.7 Å². The van der Waals surface area contributed by atoms with E-state index in [1.54, 1.807) is 50.7 Å². The van der Waals surface area contributed by atoms with Crippen LogP contribution in [-0.2, 0) is 35.5 Å². The molecule has 0 aliphatic carbocycles. The summed E-state index contributed by atoms with van der Waals surface area (Å²) in [6.07, 6.45) is -0.366. The Bertz CT molecular complexity index is 2400. The Hall–Kier alpha value is -6.00. The first-order valence-electron chi connectivity index (χ1n) is 21.8. The lowest BCUT2D eigenvalue weighted by Gasteiger charge is -2.39. The Morgan fingerprint density at radius 1 is 0.848 bits per heavy atom. The molecule has 4 aromatic carbocycles. The van der Waals surface area contributed by atoms with E-state index >= 15 is 0 Å². The highest BCUT2D eigenvalue weighted by Crippen LogP contribution is 2.51. The standard InChI is InChI=1S/C50H57N6O9P/c1-35(2)56(36(3)4)66(63-30-14-28-52)65-44-31-46(55-32-38(33-61-29-13-27-51)47(54-49(55)58)53-48(57)37-15-9-7-10-16-37)64-45(44)34-62-50(39-17-11-8-12-18-39,40-19-23-42(59-5)24-20-40)41-21-25-43(60-6)26-22-41/h7-12,15-26,32,35-36,44-46H,13-14,29-31,33-34H2,1-6H3,(H,53,54,57,58)/t44-,45+,46+,66?/m0/s1. The van der Waals surface area contributed by atoms with Crippen LogP contribution in [0, 0.1) is 22.7 Å². The summed E-state index contributed by atoms with van der Waals surface area (Å²) in [7, 11) is 1.47. The van der Waals surface area contributed by atoms with Crippen molar-refractivity contribution in [2.45, 2.75) is 89.7 Å². The van der Waals surface area contributed by atoms with Crippen LogP contribution in [-0.4, -0.2) is 78.5 Å². The number of hydrogen-bond acceptors (Lipinski definition) is 13. The Balaban J connectivity index is 1.44. The lowest BCUT2D eigenvalue weighted by Crippen LogP contribution is -2.39. The van der Waals surface area contributed by atoms with E-state index < -0.39 is 44.2 Å². The first-order valence-corrected chi connectivity index (χ1v) is 23.0. The lowest BCUT2D eigenvalue weighted by molar-refractivity contribution is -0.0926. The fourth-order valence-corrected chi connectivity index (χ4v) is 9.58. The number of hydrogen-bond donors (Lipinski definition) is 1. The number of amides is 1. The molecule has 1 aliphatic heterocycles. The van der Waals surface area contributed by atoms with E-state index in [2.05, 4.69) is 54.8 Å². The molecule has 1 saturated heterocycles. The summed E-state index contributed by atoms with van der Waals surface area (Å²) in [6, 6.07) is 38.1. The zero-order valence-electron chi connectivity index (χ0n) is 38.2. The van der Waals surface area contributed by atoms with Crippen LogP contribution in [0.5, 0.6) is 11.5 Å². The number of benzene rings is 4. The SMILES string of the molecule is COc1ccc(C(OC[C@H]2O[C@@H](n3cc(COCCC#N)c(NC(=O)c4ccccc4)nc3=O)C[C@@H]2OP(OCCC#N)N(C(C)C)C(C)C)(c2ccccc2)c2ccc(OC)cc2)cc1. The molecule has 16 heteroatoms. The summed E-state index contributed by atoms with van der Waals surface area (Å²) in [4.78, 5) is 31.8. The molecule has 0 spiro atoms. The molecule has 1 aromatic heterocycles. The molecule has 1 aliphatic rings. The second-order valence-electron chi connectivity index (χ2n) is 16.0. The average Bonchev–Trinajstić information content (AvgIpc) is 3.73. The van der Waals surface area contributed by atoms with E-state index in [4.69, 9.17) is 38.0 Å². The average molecular weight is 917 g/mol. The molecule has 346 valence electrons. The molecule has 1 unspecified atom stereocenters. The van der Waals surface area contributed by atoms with Gasteiger partial charge in [0.15, 0.2) is 0 Å². The number of methoxy groups -OCH3 is 2. The van der Waals surface area contributed by atoms with E-state index in [-0.39, 0.29) is 63.6 Å². The number of anilines is 1. The Kier molecular flexibility index (Phi) is 18.0. The molecular formula is C50H57N6O9P. The number of ether oxygens (including phenoxy) is 5. The molecule has 4 atom stereocenters. The Morgan fingerprint density at radius 3 is 1.97 bits per heavy atom. The summed E-state index contributed by atoms with van der Waals surface area (Å²) in [6.45, 7) is 8.42. The quantitative estimate of drug-likeness (QED) is 0.0373. The highest BCUT2D eigenvalue weighted by molar-refractivity contribution is 7.44. The van der Waals surface area contributed by atoms with Gasteiger partial charge in [0, 0.05) is 35.8 Å². The predicted molar refractivity (Wildman–Crippen MR) is 250 cm³/mol. The molecule has 0 saturated carbocycles. The van der Waals surface area contributed by atoms with Gasteiger partial charge in [-0.15, -0.1) is 0 Å². The first-order chi connectivity index (χ1) is 32.0. The van der Waals surface area contributed by atoms with Gasteiger partial charge in [-0.05, 0) is 80.8 Å². The number of nitriles is 2. The summed E-state index contributed by atoms with van der Waals surface area (Å²) in [5, 5.41) is 21.4. The molecule has 1 fully saturated rings. The van der Waals surface area contributed by atoms with Crippen LogP contribution in [0.15, 0.2) is 120 Å². The summed E-state index contributed by atoms with van der Waals surface area (Å²) >= 11 is 0. The molecule has 1 amide bonds. The van der Waals surface area contributed by atoms with Crippen molar-refractivity contribution < 1.29 is 37.5 Å². The lowest BCUT2D eigenvalue weighted by atomic mass is 9.80. The van der Waals surface area contributed by atoms with Gasteiger partial charge in [0.1, 0.15) is 35.2 Å². The molecule has 5 aromatic rings. The number of nitrogens with one attached hydrogen (secondary N) is 1.